The number of halogens is 2. The molecule has 34 heavy (non-hydrogen) atoms. The highest BCUT2D eigenvalue weighted by molar-refractivity contribution is 7.92. The molecule has 0 radical (unpaired) electrons. The number of ether oxygens (including phenoxy) is 1. The topological polar surface area (TPSA) is 72.5 Å². The molecule has 0 fully saturated rings. The van der Waals surface area contributed by atoms with Gasteiger partial charge < -0.3 is 4.74 Å². The highest BCUT2D eigenvalue weighted by atomic mass is 35.5. The Bertz CT molecular complexity index is 1470. The Morgan fingerprint density at radius 1 is 0.882 bits per heavy atom. The lowest BCUT2D eigenvalue weighted by molar-refractivity contribution is 0.0984. The Morgan fingerprint density at radius 3 is 2.29 bits per heavy atom. The van der Waals surface area contributed by atoms with E-state index in [1.54, 1.807) is 43.5 Å². The predicted octanol–water partition coefficient (Wildman–Crippen LogP) is 6.77. The molecule has 0 saturated carbocycles. The summed E-state index contributed by atoms with van der Waals surface area (Å²) in [4.78, 5) is 13.1. The number of fused-ring (bicyclic) bond motifs is 1. The van der Waals surface area contributed by atoms with Gasteiger partial charge in [-0.2, -0.15) is 0 Å². The van der Waals surface area contributed by atoms with Gasteiger partial charge in [0, 0.05) is 27.4 Å². The standard InChI is InChI=1S/C26H21Cl2NO4S/c1-33-26-11-3-2-6-17(26)12-13-25(30)23-9-4-8-22-21(23)7-5-10-24(22)29-34(31,32)20-15-18(27)14-19(28)16-20/h2-11,14-16,29H,12-13H2,1H3. The fraction of sp³-hybridized carbons (Fsp3) is 0.115. The van der Waals surface area contributed by atoms with E-state index in [1.807, 2.05) is 24.3 Å². The summed E-state index contributed by atoms with van der Waals surface area (Å²) in [6.07, 6.45) is 0.817. The van der Waals surface area contributed by atoms with Crippen molar-refractivity contribution in [3.05, 3.63) is 100 Å². The van der Waals surface area contributed by atoms with Crippen molar-refractivity contribution in [2.45, 2.75) is 17.7 Å². The zero-order chi connectivity index (χ0) is 24.3. The monoisotopic (exact) mass is 513 g/mol. The largest absolute Gasteiger partial charge is 0.496 e. The molecule has 174 valence electrons. The smallest absolute Gasteiger partial charge is 0.262 e. The van der Waals surface area contributed by atoms with E-state index in [0.717, 1.165) is 11.3 Å². The summed E-state index contributed by atoms with van der Waals surface area (Å²) in [5.41, 5.74) is 1.83. The maximum Gasteiger partial charge on any atom is 0.262 e. The summed E-state index contributed by atoms with van der Waals surface area (Å²) in [6.45, 7) is 0. The Balaban J connectivity index is 1.64. The van der Waals surface area contributed by atoms with Gasteiger partial charge in [-0.15, -0.1) is 0 Å². The van der Waals surface area contributed by atoms with E-state index in [4.69, 9.17) is 27.9 Å². The zero-order valence-electron chi connectivity index (χ0n) is 18.2. The number of ketones is 1. The second-order valence-corrected chi connectivity index (χ2v) is 10.2. The fourth-order valence-electron chi connectivity index (χ4n) is 3.82. The van der Waals surface area contributed by atoms with Gasteiger partial charge in [-0.25, -0.2) is 8.42 Å². The van der Waals surface area contributed by atoms with Gasteiger partial charge in [-0.05, 0) is 47.7 Å². The van der Waals surface area contributed by atoms with Crippen LogP contribution in [-0.2, 0) is 16.4 Å². The van der Waals surface area contributed by atoms with Gasteiger partial charge in [-0.3, -0.25) is 9.52 Å². The van der Waals surface area contributed by atoms with Gasteiger partial charge in [0.2, 0.25) is 0 Å². The molecule has 1 N–H and O–H groups in total. The van der Waals surface area contributed by atoms with Gasteiger partial charge in [0.15, 0.2) is 5.78 Å². The van der Waals surface area contributed by atoms with Gasteiger partial charge in [0.05, 0.1) is 17.7 Å². The van der Waals surface area contributed by atoms with Crippen molar-refractivity contribution in [3.63, 3.8) is 0 Å². The first-order chi connectivity index (χ1) is 16.3. The lowest BCUT2D eigenvalue weighted by atomic mass is 9.96. The molecule has 5 nitrogen and oxygen atoms in total. The van der Waals surface area contributed by atoms with Gasteiger partial charge in [0.1, 0.15) is 5.75 Å². The summed E-state index contributed by atoms with van der Waals surface area (Å²) in [6, 6.07) is 22.1. The Hall–Kier alpha value is -3.06. The predicted molar refractivity (Wildman–Crippen MR) is 137 cm³/mol. The molecule has 0 bridgehead atoms. The van der Waals surface area contributed by atoms with Crippen molar-refractivity contribution >= 4 is 55.5 Å². The third kappa shape index (κ3) is 5.20. The second-order valence-electron chi connectivity index (χ2n) is 7.65. The number of carbonyl (C=O) groups is 1. The number of Topliss-reactive ketones (excluding diaryl/α,β-unsaturated/α-hetero) is 1. The van der Waals surface area contributed by atoms with Crippen LogP contribution in [0.5, 0.6) is 5.75 Å². The first-order valence-electron chi connectivity index (χ1n) is 10.4. The SMILES string of the molecule is COc1ccccc1CCC(=O)c1cccc2c(NS(=O)(=O)c3cc(Cl)cc(Cl)c3)cccc12. The molecule has 4 aromatic rings. The van der Waals surface area contributed by atoms with E-state index < -0.39 is 10.0 Å². The van der Waals surface area contributed by atoms with Gasteiger partial charge >= 0.3 is 0 Å². The summed E-state index contributed by atoms with van der Waals surface area (Å²) >= 11 is 12.0. The highest BCUT2D eigenvalue weighted by Crippen LogP contribution is 2.30. The van der Waals surface area contributed by atoms with E-state index in [9.17, 15) is 13.2 Å². The van der Waals surface area contributed by atoms with Crippen LogP contribution in [0.3, 0.4) is 0 Å². The lowest BCUT2D eigenvalue weighted by Gasteiger charge is -2.13. The lowest BCUT2D eigenvalue weighted by Crippen LogP contribution is -2.13. The third-order valence-electron chi connectivity index (χ3n) is 5.43. The summed E-state index contributed by atoms with van der Waals surface area (Å²) < 4.78 is 33.9. The number of aryl methyl sites for hydroxylation is 1. The van der Waals surface area contributed by atoms with E-state index in [0.29, 0.717) is 28.4 Å². The normalized spacial score (nSPS) is 11.4. The number of carbonyl (C=O) groups excluding carboxylic acids is 1. The number of hydrogen-bond acceptors (Lipinski definition) is 4. The van der Waals surface area contributed by atoms with Crippen LogP contribution in [0.1, 0.15) is 22.3 Å². The van der Waals surface area contributed by atoms with E-state index >= 15 is 0 Å². The Morgan fingerprint density at radius 2 is 1.56 bits per heavy atom. The van der Waals surface area contributed by atoms with Gasteiger partial charge in [0.25, 0.3) is 10.0 Å². The van der Waals surface area contributed by atoms with Crippen LogP contribution >= 0.6 is 23.2 Å². The number of hydrogen-bond donors (Lipinski definition) is 1. The average molecular weight is 514 g/mol. The molecule has 0 aliphatic carbocycles. The van der Waals surface area contributed by atoms with E-state index in [1.165, 1.54) is 18.2 Å². The quantitative estimate of drug-likeness (QED) is 0.264. The molecule has 0 aliphatic rings. The zero-order valence-corrected chi connectivity index (χ0v) is 20.5. The van der Waals surface area contributed by atoms with Crippen molar-refractivity contribution < 1.29 is 17.9 Å². The van der Waals surface area contributed by atoms with Crippen molar-refractivity contribution in [2.24, 2.45) is 0 Å². The third-order valence-corrected chi connectivity index (χ3v) is 7.21. The van der Waals surface area contributed by atoms with Crippen LogP contribution in [-0.4, -0.2) is 21.3 Å². The van der Waals surface area contributed by atoms with Gasteiger partial charge in [-0.1, -0.05) is 71.7 Å². The molecule has 0 aliphatic heterocycles. The highest BCUT2D eigenvalue weighted by Gasteiger charge is 2.19. The number of para-hydroxylation sites is 1. The minimum Gasteiger partial charge on any atom is -0.496 e. The van der Waals surface area contributed by atoms with Crippen molar-refractivity contribution in [1.29, 1.82) is 0 Å². The molecule has 0 saturated heterocycles. The minimum absolute atomic E-state index is 0.0434. The molecule has 4 rings (SSSR count). The van der Waals surface area contributed by atoms with Crippen LogP contribution in [0.25, 0.3) is 10.8 Å². The number of rotatable bonds is 8. The summed E-state index contributed by atoms with van der Waals surface area (Å²) in [7, 11) is -2.35. The number of methoxy groups -OCH3 is 1. The molecule has 0 unspecified atom stereocenters. The fourth-order valence-corrected chi connectivity index (χ4v) is 5.63. The first-order valence-corrected chi connectivity index (χ1v) is 12.7. The summed E-state index contributed by atoms with van der Waals surface area (Å²) in [5, 5.41) is 1.71. The molecule has 0 amide bonds. The van der Waals surface area contributed by atoms with Crippen molar-refractivity contribution in [1.82, 2.24) is 0 Å². The van der Waals surface area contributed by atoms with Crippen LogP contribution in [0.2, 0.25) is 10.0 Å². The number of sulfonamides is 1. The van der Waals surface area contributed by atoms with Crippen LogP contribution in [0.15, 0.2) is 83.8 Å². The second kappa shape index (κ2) is 10.1. The number of nitrogens with one attached hydrogen (secondary N) is 1. The van der Waals surface area contributed by atoms with Crippen molar-refractivity contribution in [3.8, 4) is 5.75 Å². The number of anilines is 1. The molecule has 0 aromatic heterocycles. The Labute approximate surface area is 208 Å². The van der Waals surface area contributed by atoms with Crippen molar-refractivity contribution in [2.75, 3.05) is 11.8 Å². The Kier molecular flexibility index (Phi) is 7.12. The molecular formula is C26H21Cl2NO4S. The number of benzene rings is 4. The molecule has 0 spiro atoms. The minimum atomic E-state index is -3.95. The molecule has 0 heterocycles. The van der Waals surface area contributed by atoms with E-state index in [2.05, 4.69) is 4.72 Å². The maximum atomic E-state index is 13.1. The average Bonchev–Trinajstić information content (AvgIpc) is 2.81. The molecule has 8 heteroatoms. The van der Waals surface area contributed by atoms with Crippen LogP contribution in [0.4, 0.5) is 5.69 Å². The molecule has 0 atom stereocenters. The van der Waals surface area contributed by atoms with Crippen LogP contribution in [0, 0.1) is 0 Å². The summed E-state index contributed by atoms with van der Waals surface area (Å²) in [5.74, 6) is 0.698. The maximum absolute atomic E-state index is 13.1. The van der Waals surface area contributed by atoms with Crippen LogP contribution < -0.4 is 9.46 Å². The first kappa shape index (κ1) is 24.1. The van der Waals surface area contributed by atoms with E-state index in [-0.39, 0.29) is 27.1 Å². The molecular weight excluding hydrogens is 493 g/mol. The molecule has 4 aromatic carbocycles.